The van der Waals surface area contributed by atoms with Gasteiger partial charge in [-0.2, -0.15) is 0 Å². The maximum Gasteiger partial charge on any atom is 0.213 e. The molecule has 0 amide bonds. The zero-order chi connectivity index (χ0) is 7.00. The van der Waals surface area contributed by atoms with Crippen LogP contribution >= 0.6 is 0 Å². The van der Waals surface area contributed by atoms with Crippen molar-refractivity contribution in [2.75, 3.05) is 0 Å². The summed E-state index contributed by atoms with van der Waals surface area (Å²) >= 11 is 0. The standard InChI is InChI=1S/C5H14O2Si/c1-5(2,6)8(3,4)7/h6-7H,1-4H3. The van der Waals surface area contributed by atoms with Gasteiger partial charge in [-0.15, -0.1) is 0 Å². The van der Waals surface area contributed by atoms with Crippen molar-refractivity contribution in [1.29, 1.82) is 0 Å². The predicted octanol–water partition coefficient (Wildman–Crippen LogP) is 0.494. The van der Waals surface area contributed by atoms with E-state index in [1.807, 2.05) is 0 Å². The maximum atomic E-state index is 9.24. The van der Waals surface area contributed by atoms with Crippen LogP contribution in [0.25, 0.3) is 0 Å². The van der Waals surface area contributed by atoms with E-state index in [0.29, 0.717) is 0 Å². The van der Waals surface area contributed by atoms with Crippen molar-refractivity contribution >= 4 is 8.32 Å². The lowest BCUT2D eigenvalue weighted by molar-refractivity contribution is 0.137. The Kier molecular flexibility index (Phi) is 1.86. The fourth-order valence-corrected chi connectivity index (χ4v) is 0. The number of hydrogen-bond acceptors (Lipinski definition) is 2. The molecule has 0 heterocycles. The van der Waals surface area contributed by atoms with Gasteiger partial charge in [-0.25, -0.2) is 0 Å². The van der Waals surface area contributed by atoms with Crippen LogP contribution < -0.4 is 0 Å². The molecule has 0 radical (unpaired) electrons. The minimum atomic E-state index is -2.30. The van der Waals surface area contributed by atoms with Gasteiger partial charge in [0, 0.05) is 0 Å². The summed E-state index contributed by atoms with van der Waals surface area (Å²) in [6.45, 7) is 6.71. The Bertz CT molecular complexity index is 65.4. The van der Waals surface area contributed by atoms with Gasteiger partial charge in [0.25, 0.3) is 0 Å². The first-order valence-electron chi connectivity index (χ1n) is 2.70. The predicted molar refractivity (Wildman–Crippen MR) is 36.0 cm³/mol. The molecule has 0 saturated heterocycles. The minimum Gasteiger partial charge on any atom is -0.429 e. The molecule has 8 heavy (non-hydrogen) atoms. The van der Waals surface area contributed by atoms with Crippen molar-refractivity contribution in [2.24, 2.45) is 0 Å². The van der Waals surface area contributed by atoms with Crippen LogP contribution in [0.4, 0.5) is 0 Å². The number of rotatable bonds is 1. The highest BCUT2D eigenvalue weighted by molar-refractivity contribution is 6.72. The molecule has 3 heteroatoms. The second kappa shape index (κ2) is 1.82. The van der Waals surface area contributed by atoms with Crippen LogP contribution in [0.3, 0.4) is 0 Å². The highest BCUT2D eigenvalue weighted by Gasteiger charge is 2.35. The van der Waals surface area contributed by atoms with E-state index in [1.165, 1.54) is 0 Å². The Labute approximate surface area is 51.3 Å². The SMILES string of the molecule is CC(C)(O)[Si](C)(C)O. The van der Waals surface area contributed by atoms with Crippen molar-refractivity contribution in [3.8, 4) is 0 Å². The molecule has 50 valence electrons. The van der Waals surface area contributed by atoms with E-state index in [4.69, 9.17) is 5.11 Å². The summed E-state index contributed by atoms with van der Waals surface area (Å²) in [6.07, 6.45) is 0. The molecule has 2 N–H and O–H groups in total. The molecule has 0 aromatic carbocycles. The molecule has 2 nitrogen and oxygen atoms in total. The van der Waals surface area contributed by atoms with Gasteiger partial charge in [0.15, 0.2) is 0 Å². The first-order chi connectivity index (χ1) is 3.25. The first-order valence-corrected chi connectivity index (χ1v) is 5.64. The third-order valence-electron chi connectivity index (χ3n) is 1.50. The molecule has 0 atom stereocenters. The molecule has 0 aliphatic rings. The lowest BCUT2D eigenvalue weighted by Crippen LogP contribution is -2.50. The normalized spacial score (nSPS) is 14.2. The largest absolute Gasteiger partial charge is 0.429 e. The summed E-state index contributed by atoms with van der Waals surface area (Å²) in [5.74, 6) is 0. The second-order valence-electron chi connectivity index (χ2n) is 3.12. The molecule has 0 rings (SSSR count). The Morgan fingerprint density at radius 1 is 1.25 bits per heavy atom. The summed E-state index contributed by atoms with van der Waals surface area (Å²) < 4.78 is 0. The van der Waals surface area contributed by atoms with Crippen LogP contribution in [-0.2, 0) is 0 Å². The van der Waals surface area contributed by atoms with Gasteiger partial charge in [0.05, 0.1) is 5.22 Å². The Morgan fingerprint density at radius 3 is 1.38 bits per heavy atom. The number of aliphatic hydroxyl groups is 1. The minimum absolute atomic E-state index is 0.868. The summed E-state index contributed by atoms with van der Waals surface area (Å²) in [5.41, 5.74) is 0. The molecule has 0 spiro atoms. The molecule has 0 aliphatic heterocycles. The van der Waals surface area contributed by atoms with Gasteiger partial charge in [-0.1, -0.05) is 0 Å². The van der Waals surface area contributed by atoms with Gasteiger partial charge < -0.3 is 9.90 Å². The summed E-state index contributed by atoms with van der Waals surface area (Å²) in [7, 11) is -2.30. The molecule has 0 aromatic rings. The van der Waals surface area contributed by atoms with Crippen molar-refractivity contribution in [3.05, 3.63) is 0 Å². The smallest absolute Gasteiger partial charge is 0.213 e. The highest BCUT2D eigenvalue weighted by atomic mass is 28.4. The topological polar surface area (TPSA) is 40.5 Å². The van der Waals surface area contributed by atoms with Gasteiger partial charge in [-0.05, 0) is 26.9 Å². The van der Waals surface area contributed by atoms with Gasteiger partial charge in [-0.3, -0.25) is 0 Å². The first kappa shape index (κ1) is 8.14. The van der Waals surface area contributed by atoms with Crippen molar-refractivity contribution < 1.29 is 9.90 Å². The Hall–Kier alpha value is 0.137. The highest BCUT2D eigenvalue weighted by Crippen LogP contribution is 2.14. The van der Waals surface area contributed by atoms with E-state index < -0.39 is 13.5 Å². The van der Waals surface area contributed by atoms with Crippen LogP contribution in [0.1, 0.15) is 13.8 Å². The van der Waals surface area contributed by atoms with E-state index in [9.17, 15) is 4.80 Å². The average molecular weight is 134 g/mol. The average Bonchev–Trinajstić information content (AvgIpc) is 1.25. The van der Waals surface area contributed by atoms with E-state index in [2.05, 4.69) is 0 Å². The van der Waals surface area contributed by atoms with Crippen LogP contribution in [0, 0.1) is 0 Å². The summed E-state index contributed by atoms with van der Waals surface area (Å²) in [4.78, 5) is 9.24. The van der Waals surface area contributed by atoms with E-state index >= 15 is 0 Å². The quantitative estimate of drug-likeness (QED) is 0.512. The van der Waals surface area contributed by atoms with Crippen LogP contribution in [0.15, 0.2) is 0 Å². The monoisotopic (exact) mass is 134 g/mol. The second-order valence-corrected chi connectivity index (χ2v) is 7.46. The fourth-order valence-electron chi connectivity index (χ4n) is 0. The summed E-state index contributed by atoms with van der Waals surface area (Å²) in [5, 5.41) is 8.30. The van der Waals surface area contributed by atoms with Gasteiger partial charge in [0.1, 0.15) is 0 Å². The molecule has 0 aromatic heterocycles. The van der Waals surface area contributed by atoms with E-state index in [0.717, 1.165) is 0 Å². The van der Waals surface area contributed by atoms with Crippen molar-refractivity contribution in [2.45, 2.75) is 32.2 Å². The van der Waals surface area contributed by atoms with Gasteiger partial charge in [0.2, 0.25) is 8.32 Å². The Balaban J connectivity index is 4.02. The fraction of sp³-hybridized carbons (Fsp3) is 1.00. The molecule has 0 aliphatic carbocycles. The van der Waals surface area contributed by atoms with Crippen LogP contribution in [-0.4, -0.2) is 23.4 Å². The number of hydrogen-bond donors (Lipinski definition) is 2. The molecule has 0 saturated carbocycles. The van der Waals surface area contributed by atoms with Crippen molar-refractivity contribution in [3.63, 3.8) is 0 Å². The molecular weight excluding hydrogens is 120 g/mol. The maximum absolute atomic E-state index is 9.24. The molecular formula is C5H14O2Si. The van der Waals surface area contributed by atoms with Crippen LogP contribution in [0.5, 0.6) is 0 Å². The Morgan fingerprint density at radius 2 is 1.38 bits per heavy atom. The zero-order valence-electron chi connectivity index (χ0n) is 5.89. The molecule has 0 unspecified atom stereocenters. The summed E-state index contributed by atoms with van der Waals surface area (Å²) in [6, 6.07) is 0. The molecule has 0 bridgehead atoms. The van der Waals surface area contributed by atoms with Crippen LogP contribution in [0.2, 0.25) is 13.1 Å². The lowest BCUT2D eigenvalue weighted by atomic mass is 10.5. The van der Waals surface area contributed by atoms with E-state index in [1.54, 1.807) is 26.9 Å². The zero-order valence-corrected chi connectivity index (χ0v) is 6.89. The lowest BCUT2D eigenvalue weighted by Gasteiger charge is -2.28. The van der Waals surface area contributed by atoms with E-state index in [-0.39, 0.29) is 0 Å². The van der Waals surface area contributed by atoms with Crippen molar-refractivity contribution in [1.82, 2.24) is 0 Å². The third-order valence-corrected chi connectivity index (χ3v) is 4.49. The van der Waals surface area contributed by atoms with Gasteiger partial charge >= 0.3 is 0 Å². The third kappa shape index (κ3) is 1.94. The molecule has 0 fully saturated rings.